The summed E-state index contributed by atoms with van der Waals surface area (Å²) < 4.78 is 5.38. The highest BCUT2D eigenvalue weighted by Crippen LogP contribution is 2.28. The van der Waals surface area contributed by atoms with Crippen molar-refractivity contribution in [3.63, 3.8) is 0 Å². The average Bonchev–Trinajstić information content (AvgIpc) is 2.48. The van der Waals surface area contributed by atoms with Crippen molar-refractivity contribution in [1.29, 1.82) is 0 Å². The third kappa shape index (κ3) is 3.59. The Morgan fingerprint density at radius 2 is 1.89 bits per heavy atom. The molecule has 0 bridgehead atoms. The molecule has 1 fully saturated rings. The molecular formula is C14H22N2O3. The first-order chi connectivity index (χ1) is 9.24. The maximum atomic E-state index is 9.45. The lowest BCUT2D eigenvalue weighted by Gasteiger charge is -2.37. The molecule has 5 nitrogen and oxygen atoms in total. The summed E-state index contributed by atoms with van der Waals surface area (Å²) in [5, 5.41) is 18.3. The number of aliphatic hydroxyl groups excluding tert-OH is 2. The van der Waals surface area contributed by atoms with E-state index in [1.165, 1.54) is 0 Å². The lowest BCUT2D eigenvalue weighted by Crippen LogP contribution is -2.49. The molecule has 1 heterocycles. The molecule has 0 spiro atoms. The van der Waals surface area contributed by atoms with E-state index >= 15 is 0 Å². The van der Waals surface area contributed by atoms with Gasteiger partial charge in [-0.05, 0) is 12.1 Å². The Bertz CT molecular complexity index is 392. The van der Waals surface area contributed by atoms with Crippen LogP contribution in [0.1, 0.15) is 0 Å². The van der Waals surface area contributed by atoms with E-state index in [9.17, 15) is 5.11 Å². The first-order valence-corrected chi connectivity index (χ1v) is 6.64. The number of hydrogen-bond acceptors (Lipinski definition) is 5. The predicted molar refractivity (Wildman–Crippen MR) is 74.7 cm³/mol. The minimum Gasteiger partial charge on any atom is -0.495 e. The van der Waals surface area contributed by atoms with Crippen LogP contribution in [0.4, 0.5) is 5.69 Å². The van der Waals surface area contributed by atoms with Crippen LogP contribution in [0.15, 0.2) is 24.3 Å². The highest BCUT2D eigenvalue weighted by molar-refractivity contribution is 5.58. The topological polar surface area (TPSA) is 56.2 Å². The molecule has 1 atom stereocenters. The highest BCUT2D eigenvalue weighted by Gasteiger charge is 2.20. The molecule has 1 aliphatic heterocycles. The van der Waals surface area contributed by atoms with Crippen LogP contribution < -0.4 is 9.64 Å². The molecule has 2 N–H and O–H groups in total. The fraction of sp³-hybridized carbons (Fsp3) is 0.571. The molecule has 106 valence electrons. The Morgan fingerprint density at radius 3 is 2.53 bits per heavy atom. The van der Waals surface area contributed by atoms with Gasteiger partial charge in [-0.1, -0.05) is 12.1 Å². The van der Waals surface area contributed by atoms with Crippen molar-refractivity contribution in [2.24, 2.45) is 0 Å². The maximum Gasteiger partial charge on any atom is 0.142 e. The van der Waals surface area contributed by atoms with Gasteiger partial charge in [0.1, 0.15) is 5.75 Å². The monoisotopic (exact) mass is 266 g/mol. The Kier molecular flexibility index (Phi) is 5.01. The van der Waals surface area contributed by atoms with E-state index in [2.05, 4.69) is 15.9 Å². The van der Waals surface area contributed by atoms with Crippen molar-refractivity contribution >= 4 is 5.69 Å². The van der Waals surface area contributed by atoms with Gasteiger partial charge in [0.25, 0.3) is 0 Å². The van der Waals surface area contributed by atoms with E-state index in [1.54, 1.807) is 7.11 Å². The molecule has 5 heteroatoms. The van der Waals surface area contributed by atoms with E-state index < -0.39 is 6.10 Å². The SMILES string of the molecule is COc1ccccc1N1CCN(CC(O)CO)CC1. The fourth-order valence-corrected chi connectivity index (χ4v) is 2.42. The minimum absolute atomic E-state index is 0.174. The lowest BCUT2D eigenvalue weighted by atomic mass is 10.2. The summed E-state index contributed by atoms with van der Waals surface area (Å²) in [7, 11) is 1.69. The number of nitrogens with zero attached hydrogens (tertiary/aromatic N) is 2. The van der Waals surface area contributed by atoms with Gasteiger partial charge in [0, 0.05) is 32.7 Å². The Morgan fingerprint density at radius 1 is 1.21 bits per heavy atom. The molecule has 0 saturated carbocycles. The third-order valence-corrected chi connectivity index (χ3v) is 3.48. The average molecular weight is 266 g/mol. The molecule has 2 rings (SSSR count). The molecular weight excluding hydrogens is 244 g/mol. The van der Waals surface area contributed by atoms with Crippen LogP contribution in [0.5, 0.6) is 5.75 Å². The molecule has 1 unspecified atom stereocenters. The molecule has 1 saturated heterocycles. The fourth-order valence-electron chi connectivity index (χ4n) is 2.42. The standard InChI is InChI=1S/C14H22N2O3/c1-19-14-5-3-2-4-13(14)16-8-6-15(7-9-16)10-12(18)11-17/h2-5,12,17-18H,6-11H2,1H3. The molecule has 0 aromatic heterocycles. The van der Waals surface area contributed by atoms with Crippen molar-refractivity contribution < 1.29 is 14.9 Å². The van der Waals surface area contributed by atoms with Gasteiger partial charge in [-0.2, -0.15) is 0 Å². The molecule has 1 aliphatic rings. The Balaban J connectivity index is 1.92. The quantitative estimate of drug-likeness (QED) is 0.796. The van der Waals surface area contributed by atoms with Crippen molar-refractivity contribution in [2.75, 3.05) is 51.3 Å². The van der Waals surface area contributed by atoms with Gasteiger partial charge in [-0.3, -0.25) is 4.90 Å². The Labute approximate surface area is 114 Å². The summed E-state index contributed by atoms with van der Waals surface area (Å²) in [6, 6.07) is 8.02. The minimum atomic E-state index is -0.641. The summed E-state index contributed by atoms with van der Waals surface area (Å²) in [6.45, 7) is 3.93. The Hall–Kier alpha value is -1.30. The van der Waals surface area contributed by atoms with Gasteiger partial charge >= 0.3 is 0 Å². The van der Waals surface area contributed by atoms with Crippen molar-refractivity contribution in [2.45, 2.75) is 6.10 Å². The smallest absolute Gasteiger partial charge is 0.142 e. The van der Waals surface area contributed by atoms with Gasteiger partial charge < -0.3 is 19.8 Å². The van der Waals surface area contributed by atoms with Crippen LogP contribution in [-0.4, -0.2) is 67.7 Å². The number of para-hydroxylation sites is 2. The van der Waals surface area contributed by atoms with Crippen LogP contribution in [0.25, 0.3) is 0 Å². The van der Waals surface area contributed by atoms with E-state index in [1.807, 2.05) is 18.2 Å². The maximum absolute atomic E-state index is 9.45. The number of hydrogen-bond donors (Lipinski definition) is 2. The van der Waals surface area contributed by atoms with Crippen molar-refractivity contribution in [1.82, 2.24) is 4.90 Å². The molecule has 0 radical (unpaired) electrons. The summed E-state index contributed by atoms with van der Waals surface area (Å²) in [5.74, 6) is 0.895. The molecule has 0 amide bonds. The third-order valence-electron chi connectivity index (χ3n) is 3.48. The zero-order valence-corrected chi connectivity index (χ0v) is 11.3. The van der Waals surface area contributed by atoms with Gasteiger partial charge in [0.2, 0.25) is 0 Å². The molecule has 19 heavy (non-hydrogen) atoms. The first kappa shape index (κ1) is 14.1. The second-order valence-corrected chi connectivity index (χ2v) is 4.80. The lowest BCUT2D eigenvalue weighted by molar-refractivity contribution is 0.0574. The summed E-state index contributed by atoms with van der Waals surface area (Å²) in [5.41, 5.74) is 1.12. The van der Waals surface area contributed by atoms with E-state index in [-0.39, 0.29) is 6.61 Å². The second kappa shape index (κ2) is 6.75. The van der Waals surface area contributed by atoms with Gasteiger partial charge in [-0.15, -0.1) is 0 Å². The van der Waals surface area contributed by atoms with Gasteiger partial charge in [0.15, 0.2) is 0 Å². The van der Waals surface area contributed by atoms with Crippen molar-refractivity contribution in [3.8, 4) is 5.75 Å². The zero-order valence-electron chi connectivity index (χ0n) is 11.3. The van der Waals surface area contributed by atoms with Crippen LogP contribution in [0, 0.1) is 0 Å². The second-order valence-electron chi connectivity index (χ2n) is 4.80. The normalized spacial score (nSPS) is 18.4. The summed E-state index contributed by atoms with van der Waals surface area (Å²) in [4.78, 5) is 4.47. The highest BCUT2D eigenvalue weighted by atomic mass is 16.5. The summed E-state index contributed by atoms with van der Waals surface area (Å²) in [6.07, 6.45) is -0.641. The largest absolute Gasteiger partial charge is 0.495 e. The van der Waals surface area contributed by atoms with Crippen LogP contribution in [-0.2, 0) is 0 Å². The van der Waals surface area contributed by atoms with Crippen LogP contribution in [0.3, 0.4) is 0 Å². The first-order valence-electron chi connectivity index (χ1n) is 6.64. The van der Waals surface area contributed by atoms with Gasteiger partial charge in [0.05, 0.1) is 25.5 Å². The van der Waals surface area contributed by atoms with Crippen LogP contribution in [0.2, 0.25) is 0 Å². The number of β-amino-alcohol motifs (C(OH)–C–C–N with tert-alkyl or cyclic N) is 1. The van der Waals surface area contributed by atoms with E-state index in [0.717, 1.165) is 37.6 Å². The van der Waals surface area contributed by atoms with E-state index in [4.69, 9.17) is 9.84 Å². The number of benzene rings is 1. The zero-order chi connectivity index (χ0) is 13.7. The number of rotatable bonds is 5. The van der Waals surface area contributed by atoms with Crippen molar-refractivity contribution in [3.05, 3.63) is 24.3 Å². The number of ether oxygens (including phenoxy) is 1. The van der Waals surface area contributed by atoms with Crippen LogP contribution >= 0.6 is 0 Å². The number of piperazine rings is 1. The van der Waals surface area contributed by atoms with Gasteiger partial charge in [-0.25, -0.2) is 0 Å². The molecule has 1 aromatic rings. The molecule has 1 aromatic carbocycles. The number of methoxy groups -OCH3 is 1. The van der Waals surface area contributed by atoms with E-state index in [0.29, 0.717) is 6.54 Å². The molecule has 0 aliphatic carbocycles. The summed E-state index contributed by atoms with van der Waals surface area (Å²) >= 11 is 0. The number of anilines is 1. The number of aliphatic hydroxyl groups is 2. The predicted octanol–water partition coefficient (Wildman–Crippen LogP) is 0.170.